The molecular formula is C14H18F2N2O3. The van der Waals surface area contributed by atoms with E-state index in [1.165, 1.54) is 6.07 Å². The second kappa shape index (κ2) is 7.21. The Bertz CT molecular complexity index is 491. The predicted molar refractivity (Wildman–Crippen MR) is 73.8 cm³/mol. The van der Waals surface area contributed by atoms with Crippen LogP contribution in [0.4, 0.5) is 19.3 Å². The SMILES string of the molecule is Cc1c(NC(=O)NCC2CCCO2)cccc1OC(F)F. The minimum Gasteiger partial charge on any atom is -0.434 e. The smallest absolute Gasteiger partial charge is 0.387 e. The molecule has 21 heavy (non-hydrogen) atoms. The molecule has 5 nitrogen and oxygen atoms in total. The number of alkyl halides is 2. The van der Waals surface area contributed by atoms with Crippen LogP contribution in [0, 0.1) is 6.92 Å². The number of amides is 2. The van der Waals surface area contributed by atoms with Crippen LogP contribution in [-0.2, 0) is 4.74 Å². The van der Waals surface area contributed by atoms with Gasteiger partial charge in [0.05, 0.1) is 6.10 Å². The molecule has 0 aliphatic carbocycles. The second-order valence-corrected chi connectivity index (χ2v) is 4.78. The molecule has 2 amide bonds. The first-order valence-electron chi connectivity index (χ1n) is 6.77. The van der Waals surface area contributed by atoms with Gasteiger partial charge in [-0.1, -0.05) is 6.07 Å². The number of hydrogen-bond acceptors (Lipinski definition) is 3. The van der Waals surface area contributed by atoms with Crippen LogP contribution >= 0.6 is 0 Å². The summed E-state index contributed by atoms with van der Waals surface area (Å²) in [5, 5.41) is 5.31. The first-order chi connectivity index (χ1) is 10.1. The van der Waals surface area contributed by atoms with Crippen molar-refractivity contribution in [2.24, 2.45) is 0 Å². The van der Waals surface area contributed by atoms with Crippen molar-refractivity contribution in [3.63, 3.8) is 0 Å². The third-order valence-corrected chi connectivity index (χ3v) is 3.26. The number of urea groups is 1. The molecule has 7 heteroatoms. The lowest BCUT2D eigenvalue weighted by atomic mass is 10.2. The molecule has 0 spiro atoms. The highest BCUT2D eigenvalue weighted by Crippen LogP contribution is 2.26. The zero-order valence-corrected chi connectivity index (χ0v) is 11.7. The second-order valence-electron chi connectivity index (χ2n) is 4.78. The lowest BCUT2D eigenvalue weighted by Crippen LogP contribution is -2.35. The molecule has 1 aliphatic rings. The van der Waals surface area contributed by atoms with E-state index in [1.807, 2.05) is 0 Å². The summed E-state index contributed by atoms with van der Waals surface area (Å²) in [6, 6.07) is 4.19. The lowest BCUT2D eigenvalue weighted by molar-refractivity contribution is -0.0502. The zero-order valence-electron chi connectivity index (χ0n) is 11.7. The highest BCUT2D eigenvalue weighted by Gasteiger charge is 2.17. The van der Waals surface area contributed by atoms with E-state index in [2.05, 4.69) is 15.4 Å². The topological polar surface area (TPSA) is 59.6 Å². The Balaban J connectivity index is 1.90. The number of nitrogens with one attached hydrogen (secondary N) is 2. The average Bonchev–Trinajstić information content (AvgIpc) is 2.94. The summed E-state index contributed by atoms with van der Waals surface area (Å²) in [5.74, 6) is 0.0435. The zero-order chi connectivity index (χ0) is 15.2. The lowest BCUT2D eigenvalue weighted by Gasteiger charge is -2.15. The molecule has 0 saturated carbocycles. The van der Waals surface area contributed by atoms with Gasteiger partial charge in [0.15, 0.2) is 0 Å². The summed E-state index contributed by atoms with van der Waals surface area (Å²) in [4.78, 5) is 11.8. The Morgan fingerprint density at radius 3 is 3.00 bits per heavy atom. The molecule has 1 heterocycles. The van der Waals surface area contributed by atoms with Crippen molar-refractivity contribution in [3.8, 4) is 5.75 Å². The third kappa shape index (κ3) is 4.56. The quantitative estimate of drug-likeness (QED) is 0.879. The molecule has 1 aliphatic heterocycles. The van der Waals surface area contributed by atoms with E-state index in [-0.39, 0.29) is 11.9 Å². The molecule has 2 rings (SSSR count). The van der Waals surface area contributed by atoms with Crippen LogP contribution in [0.1, 0.15) is 18.4 Å². The van der Waals surface area contributed by atoms with Crippen molar-refractivity contribution in [1.82, 2.24) is 5.32 Å². The average molecular weight is 300 g/mol. The van der Waals surface area contributed by atoms with E-state index in [1.54, 1.807) is 19.1 Å². The third-order valence-electron chi connectivity index (χ3n) is 3.26. The van der Waals surface area contributed by atoms with Crippen molar-refractivity contribution in [2.75, 3.05) is 18.5 Å². The Labute approximate surface area is 121 Å². The number of benzene rings is 1. The normalized spacial score (nSPS) is 17.8. The fourth-order valence-corrected chi connectivity index (χ4v) is 2.15. The number of ether oxygens (including phenoxy) is 2. The van der Waals surface area contributed by atoms with Crippen molar-refractivity contribution in [1.29, 1.82) is 0 Å². The minimum atomic E-state index is -2.90. The van der Waals surface area contributed by atoms with Gasteiger partial charge >= 0.3 is 12.6 Å². The Hall–Kier alpha value is -1.89. The minimum absolute atomic E-state index is 0.0435. The van der Waals surface area contributed by atoms with Gasteiger partial charge in [-0.3, -0.25) is 0 Å². The fraction of sp³-hybridized carbons (Fsp3) is 0.500. The predicted octanol–water partition coefficient (Wildman–Crippen LogP) is 2.90. The van der Waals surface area contributed by atoms with E-state index in [4.69, 9.17) is 4.74 Å². The summed E-state index contributed by atoms with van der Waals surface area (Å²) in [6.45, 7) is -0.140. The van der Waals surface area contributed by atoms with E-state index in [0.717, 1.165) is 19.4 Å². The Morgan fingerprint density at radius 2 is 2.33 bits per heavy atom. The van der Waals surface area contributed by atoms with Gasteiger partial charge < -0.3 is 20.1 Å². The molecule has 116 valence electrons. The first kappa shape index (κ1) is 15.5. The van der Waals surface area contributed by atoms with Crippen LogP contribution in [0.25, 0.3) is 0 Å². The van der Waals surface area contributed by atoms with Gasteiger partial charge in [0.25, 0.3) is 0 Å². The summed E-state index contributed by atoms with van der Waals surface area (Å²) in [5.41, 5.74) is 0.878. The summed E-state index contributed by atoms with van der Waals surface area (Å²) < 4.78 is 34.3. The number of carbonyl (C=O) groups is 1. The number of hydrogen-bond donors (Lipinski definition) is 2. The molecule has 1 atom stereocenters. The highest BCUT2D eigenvalue weighted by molar-refractivity contribution is 5.90. The summed E-state index contributed by atoms with van der Waals surface area (Å²) >= 11 is 0. The van der Waals surface area contributed by atoms with Gasteiger partial charge in [-0.25, -0.2) is 4.79 Å². The summed E-state index contributed by atoms with van der Waals surface area (Å²) in [7, 11) is 0. The van der Waals surface area contributed by atoms with Gasteiger partial charge in [0.2, 0.25) is 0 Å². The molecular weight excluding hydrogens is 282 g/mol. The highest BCUT2D eigenvalue weighted by atomic mass is 19.3. The van der Waals surface area contributed by atoms with Crippen LogP contribution in [0.5, 0.6) is 5.75 Å². The standard InChI is InChI=1S/C14H18F2N2O3/c1-9-11(5-2-6-12(9)21-13(15)16)18-14(19)17-8-10-4-3-7-20-10/h2,5-6,10,13H,3-4,7-8H2,1H3,(H2,17,18,19). The van der Waals surface area contributed by atoms with Gasteiger partial charge in [0.1, 0.15) is 5.75 Å². The Morgan fingerprint density at radius 1 is 1.52 bits per heavy atom. The van der Waals surface area contributed by atoms with Gasteiger partial charge in [0, 0.05) is 24.4 Å². The molecule has 1 unspecified atom stereocenters. The number of carbonyl (C=O) groups excluding carboxylic acids is 1. The summed E-state index contributed by atoms with van der Waals surface area (Å²) in [6.07, 6.45) is 1.97. The van der Waals surface area contributed by atoms with E-state index in [9.17, 15) is 13.6 Å². The number of anilines is 1. The largest absolute Gasteiger partial charge is 0.434 e. The van der Waals surface area contributed by atoms with Crippen molar-refractivity contribution in [2.45, 2.75) is 32.5 Å². The molecule has 1 saturated heterocycles. The van der Waals surface area contributed by atoms with Crippen LogP contribution in [0.3, 0.4) is 0 Å². The maximum absolute atomic E-state index is 12.3. The molecule has 0 bridgehead atoms. The maximum Gasteiger partial charge on any atom is 0.387 e. The maximum atomic E-state index is 12.3. The Kier molecular flexibility index (Phi) is 5.32. The van der Waals surface area contributed by atoms with E-state index < -0.39 is 12.6 Å². The van der Waals surface area contributed by atoms with Crippen molar-refractivity contribution in [3.05, 3.63) is 23.8 Å². The first-order valence-corrected chi connectivity index (χ1v) is 6.77. The van der Waals surface area contributed by atoms with E-state index in [0.29, 0.717) is 17.8 Å². The van der Waals surface area contributed by atoms with Crippen LogP contribution < -0.4 is 15.4 Å². The fourth-order valence-electron chi connectivity index (χ4n) is 2.15. The van der Waals surface area contributed by atoms with Crippen molar-refractivity contribution < 1.29 is 23.0 Å². The van der Waals surface area contributed by atoms with Crippen LogP contribution in [-0.4, -0.2) is 31.9 Å². The van der Waals surface area contributed by atoms with Gasteiger partial charge in [-0.2, -0.15) is 8.78 Å². The molecule has 1 fully saturated rings. The van der Waals surface area contributed by atoms with Crippen LogP contribution in [0.15, 0.2) is 18.2 Å². The van der Waals surface area contributed by atoms with Crippen LogP contribution in [0.2, 0.25) is 0 Å². The monoisotopic (exact) mass is 300 g/mol. The molecule has 1 aromatic carbocycles. The van der Waals surface area contributed by atoms with Gasteiger partial charge in [-0.15, -0.1) is 0 Å². The molecule has 2 N–H and O–H groups in total. The molecule has 0 radical (unpaired) electrons. The number of rotatable bonds is 5. The number of halogens is 2. The van der Waals surface area contributed by atoms with Crippen molar-refractivity contribution >= 4 is 11.7 Å². The molecule has 1 aromatic rings. The molecule has 0 aromatic heterocycles. The van der Waals surface area contributed by atoms with E-state index >= 15 is 0 Å². The van der Waals surface area contributed by atoms with Gasteiger partial charge in [-0.05, 0) is 31.9 Å².